The molecule has 1 unspecified atom stereocenters. The molecule has 0 aliphatic rings. The lowest BCUT2D eigenvalue weighted by Gasteiger charge is -2.11. The minimum Gasteiger partial charge on any atom is -0.465 e. The van der Waals surface area contributed by atoms with Gasteiger partial charge in [0.2, 0.25) is 5.91 Å². The molecule has 0 bridgehead atoms. The molecule has 0 radical (unpaired) electrons. The van der Waals surface area contributed by atoms with E-state index in [1.165, 1.54) is 0 Å². The second kappa shape index (κ2) is 6.85. The van der Waals surface area contributed by atoms with Gasteiger partial charge in [-0.25, -0.2) is 0 Å². The Labute approximate surface area is 100 Å². The average Bonchev–Trinajstić information content (AvgIpc) is 2.19. The highest BCUT2D eigenvalue weighted by molar-refractivity contribution is 6.02. The fourth-order valence-corrected chi connectivity index (χ4v) is 1.29. The highest BCUT2D eigenvalue weighted by atomic mass is 35.5. The van der Waals surface area contributed by atoms with Gasteiger partial charge in [0.25, 0.3) is 0 Å². The zero-order valence-corrected chi connectivity index (χ0v) is 9.70. The first-order valence-electron chi connectivity index (χ1n) is 4.67. The third kappa shape index (κ3) is 3.55. The summed E-state index contributed by atoms with van der Waals surface area (Å²) in [6.45, 7) is 1.91. The van der Waals surface area contributed by atoms with Crippen LogP contribution in [0, 0.1) is 0 Å². The Morgan fingerprint density at radius 2 is 1.88 bits per heavy atom. The first-order chi connectivity index (χ1) is 7.16. The standard InChI is InChI=1S/C11H13NO3.ClH/c1-2-15-11(14)9(10(12)13)8-6-4-3-5-7-8;/h3-7,9H,2H2,1H3,(H2,12,13);1H. The number of carbonyl (C=O) groups is 2. The van der Waals surface area contributed by atoms with Gasteiger partial charge in [-0.15, -0.1) is 12.4 Å². The third-order valence-electron chi connectivity index (χ3n) is 1.94. The SMILES string of the molecule is CCOC(=O)C(C(N)=O)c1ccccc1.Cl. The van der Waals surface area contributed by atoms with Crippen molar-refractivity contribution < 1.29 is 14.3 Å². The molecule has 0 saturated heterocycles. The number of nitrogens with two attached hydrogens (primary N) is 1. The lowest BCUT2D eigenvalue weighted by Crippen LogP contribution is -2.29. The van der Waals surface area contributed by atoms with Gasteiger partial charge in [0.15, 0.2) is 5.92 Å². The first kappa shape index (κ1) is 14.5. The van der Waals surface area contributed by atoms with Gasteiger partial charge < -0.3 is 10.5 Å². The molecule has 88 valence electrons. The molecule has 16 heavy (non-hydrogen) atoms. The average molecular weight is 244 g/mol. The topological polar surface area (TPSA) is 69.4 Å². The van der Waals surface area contributed by atoms with Crippen LogP contribution in [0.5, 0.6) is 0 Å². The Hall–Kier alpha value is -1.55. The predicted molar refractivity (Wildman–Crippen MR) is 62.3 cm³/mol. The molecule has 0 aliphatic heterocycles. The Bertz CT molecular complexity index is 354. The molecule has 1 aromatic rings. The number of halogens is 1. The Morgan fingerprint density at radius 1 is 1.31 bits per heavy atom. The number of esters is 1. The van der Waals surface area contributed by atoms with E-state index in [0.717, 1.165) is 0 Å². The van der Waals surface area contributed by atoms with Crippen molar-refractivity contribution >= 4 is 24.3 Å². The van der Waals surface area contributed by atoms with Crippen LogP contribution in [0.4, 0.5) is 0 Å². The molecule has 0 heterocycles. The van der Waals surface area contributed by atoms with E-state index in [4.69, 9.17) is 10.5 Å². The molecule has 1 aromatic carbocycles. The van der Waals surface area contributed by atoms with E-state index in [0.29, 0.717) is 5.56 Å². The summed E-state index contributed by atoms with van der Waals surface area (Å²) < 4.78 is 4.78. The van der Waals surface area contributed by atoms with Gasteiger partial charge in [-0.1, -0.05) is 30.3 Å². The van der Waals surface area contributed by atoms with E-state index in [2.05, 4.69) is 0 Å². The summed E-state index contributed by atoms with van der Waals surface area (Å²) in [5, 5.41) is 0. The van der Waals surface area contributed by atoms with E-state index in [1.807, 2.05) is 0 Å². The van der Waals surface area contributed by atoms with Crippen molar-refractivity contribution in [3.8, 4) is 0 Å². The second-order valence-electron chi connectivity index (χ2n) is 3.00. The summed E-state index contributed by atoms with van der Waals surface area (Å²) in [6.07, 6.45) is 0. The Morgan fingerprint density at radius 3 is 2.31 bits per heavy atom. The first-order valence-corrected chi connectivity index (χ1v) is 4.67. The van der Waals surface area contributed by atoms with Crippen molar-refractivity contribution in [2.45, 2.75) is 12.8 Å². The number of hydrogen-bond acceptors (Lipinski definition) is 3. The highest BCUT2D eigenvalue weighted by Crippen LogP contribution is 2.16. The summed E-state index contributed by atoms with van der Waals surface area (Å²) >= 11 is 0. The highest BCUT2D eigenvalue weighted by Gasteiger charge is 2.27. The molecule has 1 amide bonds. The van der Waals surface area contributed by atoms with Gasteiger partial charge in [-0.2, -0.15) is 0 Å². The van der Waals surface area contributed by atoms with Crippen molar-refractivity contribution in [1.82, 2.24) is 0 Å². The number of ether oxygens (including phenoxy) is 1. The summed E-state index contributed by atoms with van der Waals surface area (Å²) in [7, 11) is 0. The van der Waals surface area contributed by atoms with Crippen molar-refractivity contribution in [1.29, 1.82) is 0 Å². The van der Waals surface area contributed by atoms with E-state index in [-0.39, 0.29) is 19.0 Å². The minimum absolute atomic E-state index is 0. The zero-order chi connectivity index (χ0) is 11.3. The normalized spacial score (nSPS) is 11.1. The van der Waals surface area contributed by atoms with E-state index in [1.54, 1.807) is 37.3 Å². The summed E-state index contributed by atoms with van der Waals surface area (Å²) in [5.74, 6) is -2.30. The van der Waals surface area contributed by atoms with Gasteiger partial charge in [-0.3, -0.25) is 9.59 Å². The molecule has 0 aliphatic carbocycles. The van der Waals surface area contributed by atoms with Gasteiger partial charge in [-0.05, 0) is 12.5 Å². The smallest absolute Gasteiger partial charge is 0.323 e. The van der Waals surface area contributed by atoms with Crippen molar-refractivity contribution in [3.63, 3.8) is 0 Å². The molecule has 0 spiro atoms. The maximum Gasteiger partial charge on any atom is 0.323 e. The molecule has 0 saturated carbocycles. The van der Waals surface area contributed by atoms with E-state index < -0.39 is 17.8 Å². The number of primary amides is 1. The quantitative estimate of drug-likeness (QED) is 0.639. The second-order valence-corrected chi connectivity index (χ2v) is 3.00. The van der Waals surface area contributed by atoms with Gasteiger partial charge >= 0.3 is 5.97 Å². The zero-order valence-electron chi connectivity index (χ0n) is 8.88. The number of carbonyl (C=O) groups excluding carboxylic acids is 2. The third-order valence-corrected chi connectivity index (χ3v) is 1.94. The summed E-state index contributed by atoms with van der Waals surface area (Å²) in [4.78, 5) is 22.6. The van der Waals surface area contributed by atoms with Crippen LogP contribution >= 0.6 is 12.4 Å². The van der Waals surface area contributed by atoms with Crippen molar-refractivity contribution in [2.75, 3.05) is 6.61 Å². The Kier molecular flexibility index (Phi) is 6.18. The van der Waals surface area contributed by atoms with Gasteiger partial charge in [0.05, 0.1) is 6.61 Å². The Balaban J connectivity index is 0.00000225. The molecular weight excluding hydrogens is 230 g/mol. The maximum absolute atomic E-state index is 11.5. The molecule has 0 aromatic heterocycles. The minimum atomic E-state index is -1.01. The predicted octanol–water partition coefficient (Wildman–Crippen LogP) is 1.24. The van der Waals surface area contributed by atoms with Crippen LogP contribution in [0.2, 0.25) is 0 Å². The molecule has 5 heteroatoms. The van der Waals surface area contributed by atoms with Crippen LogP contribution in [0.15, 0.2) is 30.3 Å². The lowest BCUT2D eigenvalue weighted by molar-refractivity contribution is -0.147. The van der Waals surface area contributed by atoms with Crippen molar-refractivity contribution in [3.05, 3.63) is 35.9 Å². The lowest BCUT2D eigenvalue weighted by atomic mass is 9.99. The maximum atomic E-state index is 11.5. The van der Waals surface area contributed by atoms with Crippen LogP contribution in [0.25, 0.3) is 0 Å². The van der Waals surface area contributed by atoms with Gasteiger partial charge in [0.1, 0.15) is 0 Å². The number of benzene rings is 1. The van der Waals surface area contributed by atoms with Crippen LogP contribution in [-0.2, 0) is 14.3 Å². The summed E-state index contributed by atoms with van der Waals surface area (Å²) in [6, 6.07) is 8.63. The van der Waals surface area contributed by atoms with Crippen LogP contribution in [-0.4, -0.2) is 18.5 Å². The van der Waals surface area contributed by atoms with Crippen LogP contribution in [0.1, 0.15) is 18.4 Å². The summed E-state index contributed by atoms with van der Waals surface area (Å²) in [5.41, 5.74) is 5.72. The molecule has 2 N–H and O–H groups in total. The number of hydrogen-bond donors (Lipinski definition) is 1. The number of amides is 1. The fraction of sp³-hybridized carbons (Fsp3) is 0.273. The largest absolute Gasteiger partial charge is 0.465 e. The fourth-order valence-electron chi connectivity index (χ4n) is 1.29. The molecule has 1 rings (SSSR count). The molecular formula is C11H14ClNO3. The monoisotopic (exact) mass is 243 g/mol. The van der Waals surface area contributed by atoms with Crippen molar-refractivity contribution in [2.24, 2.45) is 5.73 Å². The van der Waals surface area contributed by atoms with E-state index in [9.17, 15) is 9.59 Å². The van der Waals surface area contributed by atoms with E-state index >= 15 is 0 Å². The van der Waals surface area contributed by atoms with Gasteiger partial charge in [0, 0.05) is 0 Å². The molecule has 4 nitrogen and oxygen atoms in total. The molecule has 0 fully saturated rings. The van der Waals surface area contributed by atoms with Crippen LogP contribution < -0.4 is 5.73 Å². The molecule has 1 atom stereocenters. The van der Waals surface area contributed by atoms with Crippen LogP contribution in [0.3, 0.4) is 0 Å². The number of rotatable bonds is 4.